The highest BCUT2D eigenvalue weighted by Crippen LogP contribution is 2.22. The minimum absolute atomic E-state index is 0.0569. The zero-order valence-electron chi connectivity index (χ0n) is 9.45. The van der Waals surface area contributed by atoms with Crippen molar-refractivity contribution in [3.63, 3.8) is 0 Å². The van der Waals surface area contributed by atoms with E-state index in [4.69, 9.17) is 0 Å². The van der Waals surface area contributed by atoms with E-state index in [2.05, 4.69) is 20.7 Å². The van der Waals surface area contributed by atoms with E-state index in [9.17, 15) is 9.18 Å². The highest BCUT2D eigenvalue weighted by molar-refractivity contribution is 9.10. The topological polar surface area (TPSA) is 29.5 Å². The molecule has 1 aliphatic rings. The molecule has 0 bridgehead atoms. The lowest BCUT2D eigenvalue weighted by Crippen LogP contribution is -2.50. The number of likely N-dealkylation sites (tertiary alicyclic amines) is 1. The summed E-state index contributed by atoms with van der Waals surface area (Å²) in [6, 6.07) is 5.02. The van der Waals surface area contributed by atoms with Crippen LogP contribution in [-0.2, 0) is 16.1 Å². The number of esters is 1. The molecule has 1 saturated heterocycles. The molecular formula is C12H13BrFNO2. The summed E-state index contributed by atoms with van der Waals surface area (Å²) in [5.41, 5.74) is 0.650. The molecule has 0 atom stereocenters. The normalized spacial score (nSPS) is 16.6. The zero-order valence-corrected chi connectivity index (χ0v) is 11.0. The van der Waals surface area contributed by atoms with Gasteiger partial charge in [0.25, 0.3) is 0 Å². The van der Waals surface area contributed by atoms with E-state index in [-0.39, 0.29) is 17.7 Å². The summed E-state index contributed by atoms with van der Waals surface area (Å²) >= 11 is 3.22. The van der Waals surface area contributed by atoms with Gasteiger partial charge in [-0.25, -0.2) is 4.39 Å². The van der Waals surface area contributed by atoms with Crippen LogP contribution < -0.4 is 0 Å². The third-order valence-corrected chi connectivity index (χ3v) is 3.39. The van der Waals surface area contributed by atoms with Gasteiger partial charge in [0.15, 0.2) is 0 Å². The van der Waals surface area contributed by atoms with Crippen LogP contribution in [0.3, 0.4) is 0 Å². The molecule has 2 rings (SSSR count). The van der Waals surface area contributed by atoms with Crippen LogP contribution in [0.2, 0.25) is 0 Å². The van der Waals surface area contributed by atoms with Crippen LogP contribution in [0.25, 0.3) is 0 Å². The molecule has 0 spiro atoms. The number of carbonyl (C=O) groups is 1. The van der Waals surface area contributed by atoms with E-state index in [1.807, 2.05) is 11.0 Å². The van der Waals surface area contributed by atoms with Crippen LogP contribution in [0.1, 0.15) is 5.56 Å². The second-order valence-corrected chi connectivity index (χ2v) is 5.07. The van der Waals surface area contributed by atoms with Crippen molar-refractivity contribution in [2.45, 2.75) is 6.54 Å². The Bertz CT molecular complexity index is 433. The van der Waals surface area contributed by atoms with E-state index in [1.54, 1.807) is 6.07 Å². The van der Waals surface area contributed by atoms with Gasteiger partial charge in [-0.1, -0.05) is 22.0 Å². The largest absolute Gasteiger partial charge is 0.469 e. The smallest absolute Gasteiger partial charge is 0.311 e. The molecule has 1 aromatic carbocycles. The van der Waals surface area contributed by atoms with Crippen molar-refractivity contribution < 1.29 is 13.9 Å². The van der Waals surface area contributed by atoms with Gasteiger partial charge in [0, 0.05) is 29.7 Å². The Morgan fingerprint density at radius 1 is 1.59 bits per heavy atom. The van der Waals surface area contributed by atoms with Gasteiger partial charge in [0.2, 0.25) is 0 Å². The second-order valence-electron chi connectivity index (χ2n) is 4.15. The Balaban J connectivity index is 1.90. The first-order chi connectivity index (χ1) is 8.10. The molecule has 92 valence electrons. The van der Waals surface area contributed by atoms with Gasteiger partial charge in [-0.2, -0.15) is 0 Å². The molecule has 3 nitrogen and oxygen atoms in total. The van der Waals surface area contributed by atoms with Crippen molar-refractivity contribution in [3.05, 3.63) is 34.1 Å². The van der Waals surface area contributed by atoms with Crippen LogP contribution in [-0.4, -0.2) is 31.1 Å². The number of rotatable bonds is 3. The predicted octanol–water partition coefficient (Wildman–Crippen LogP) is 2.19. The average molecular weight is 302 g/mol. The Morgan fingerprint density at radius 2 is 2.29 bits per heavy atom. The Labute approximate surface area is 108 Å². The molecule has 1 heterocycles. The number of carbonyl (C=O) groups excluding carboxylic acids is 1. The van der Waals surface area contributed by atoms with Crippen LogP contribution in [0.4, 0.5) is 4.39 Å². The number of benzene rings is 1. The summed E-state index contributed by atoms with van der Waals surface area (Å²) in [7, 11) is 1.39. The SMILES string of the molecule is COC(=O)C1CN(Cc2ccc(Br)cc2F)C1. The summed E-state index contributed by atoms with van der Waals surface area (Å²) in [6.07, 6.45) is 0. The molecular weight excluding hydrogens is 289 g/mol. The highest BCUT2D eigenvalue weighted by Gasteiger charge is 2.33. The Morgan fingerprint density at radius 3 is 2.88 bits per heavy atom. The molecule has 0 radical (unpaired) electrons. The zero-order chi connectivity index (χ0) is 12.4. The molecule has 0 N–H and O–H groups in total. The summed E-state index contributed by atoms with van der Waals surface area (Å²) in [5.74, 6) is -0.461. The molecule has 0 saturated carbocycles. The third-order valence-electron chi connectivity index (χ3n) is 2.90. The maximum Gasteiger partial charge on any atom is 0.311 e. The molecule has 5 heteroatoms. The second kappa shape index (κ2) is 5.14. The maximum absolute atomic E-state index is 13.5. The summed E-state index contributed by atoms with van der Waals surface area (Å²) in [6.45, 7) is 1.82. The van der Waals surface area contributed by atoms with E-state index in [1.165, 1.54) is 13.2 Å². The fourth-order valence-electron chi connectivity index (χ4n) is 1.91. The summed E-state index contributed by atoms with van der Waals surface area (Å²) in [4.78, 5) is 13.2. The summed E-state index contributed by atoms with van der Waals surface area (Å²) < 4.78 is 18.9. The first-order valence-electron chi connectivity index (χ1n) is 5.34. The van der Waals surface area contributed by atoms with Crippen molar-refractivity contribution in [2.24, 2.45) is 5.92 Å². The Hall–Kier alpha value is -0.940. The fraction of sp³-hybridized carbons (Fsp3) is 0.417. The van der Waals surface area contributed by atoms with E-state index < -0.39 is 0 Å². The lowest BCUT2D eigenvalue weighted by molar-refractivity contribution is -0.151. The van der Waals surface area contributed by atoms with Gasteiger partial charge >= 0.3 is 5.97 Å². The first-order valence-corrected chi connectivity index (χ1v) is 6.13. The number of hydrogen-bond donors (Lipinski definition) is 0. The fourth-order valence-corrected chi connectivity index (χ4v) is 2.24. The lowest BCUT2D eigenvalue weighted by atomic mass is 9.99. The molecule has 0 unspecified atom stereocenters. The predicted molar refractivity (Wildman–Crippen MR) is 64.9 cm³/mol. The van der Waals surface area contributed by atoms with Gasteiger partial charge in [-0.3, -0.25) is 9.69 Å². The number of methoxy groups -OCH3 is 1. The molecule has 0 aromatic heterocycles. The molecule has 1 fully saturated rings. The standard InChI is InChI=1S/C12H13BrFNO2/c1-17-12(16)9-6-15(7-9)5-8-2-3-10(13)4-11(8)14/h2-4,9H,5-7H2,1H3. The van der Waals surface area contributed by atoms with Gasteiger partial charge in [-0.05, 0) is 12.1 Å². The minimum atomic E-state index is -0.221. The molecule has 0 aliphatic carbocycles. The van der Waals surface area contributed by atoms with Crippen molar-refractivity contribution in [1.29, 1.82) is 0 Å². The molecule has 17 heavy (non-hydrogen) atoms. The maximum atomic E-state index is 13.5. The molecule has 1 aliphatic heterocycles. The van der Waals surface area contributed by atoms with Crippen molar-refractivity contribution in [1.82, 2.24) is 4.90 Å². The van der Waals surface area contributed by atoms with Crippen LogP contribution in [0, 0.1) is 11.7 Å². The van der Waals surface area contributed by atoms with E-state index in [0.717, 1.165) is 4.47 Å². The van der Waals surface area contributed by atoms with Crippen LogP contribution in [0.15, 0.2) is 22.7 Å². The number of hydrogen-bond acceptors (Lipinski definition) is 3. The number of nitrogens with zero attached hydrogens (tertiary/aromatic N) is 1. The van der Waals surface area contributed by atoms with Crippen molar-refractivity contribution in [3.8, 4) is 0 Å². The number of ether oxygens (including phenoxy) is 1. The highest BCUT2D eigenvalue weighted by atomic mass is 79.9. The van der Waals surface area contributed by atoms with Gasteiger partial charge in [0.05, 0.1) is 13.0 Å². The van der Waals surface area contributed by atoms with E-state index in [0.29, 0.717) is 25.2 Å². The van der Waals surface area contributed by atoms with Gasteiger partial charge in [0.1, 0.15) is 5.82 Å². The van der Waals surface area contributed by atoms with Gasteiger partial charge < -0.3 is 4.74 Å². The molecule has 0 amide bonds. The summed E-state index contributed by atoms with van der Waals surface area (Å²) in [5, 5.41) is 0. The lowest BCUT2D eigenvalue weighted by Gasteiger charge is -2.37. The van der Waals surface area contributed by atoms with Crippen molar-refractivity contribution >= 4 is 21.9 Å². The Kier molecular flexibility index (Phi) is 3.79. The molecule has 1 aromatic rings. The third kappa shape index (κ3) is 2.84. The average Bonchev–Trinajstić information content (AvgIpc) is 2.24. The van der Waals surface area contributed by atoms with Crippen LogP contribution >= 0.6 is 15.9 Å². The van der Waals surface area contributed by atoms with Crippen LogP contribution in [0.5, 0.6) is 0 Å². The number of halogens is 2. The quantitative estimate of drug-likeness (QED) is 0.802. The monoisotopic (exact) mass is 301 g/mol. The first kappa shape index (κ1) is 12.5. The van der Waals surface area contributed by atoms with E-state index >= 15 is 0 Å². The van der Waals surface area contributed by atoms with Crippen molar-refractivity contribution in [2.75, 3.05) is 20.2 Å². The minimum Gasteiger partial charge on any atom is -0.469 e. The van der Waals surface area contributed by atoms with Gasteiger partial charge in [-0.15, -0.1) is 0 Å².